The van der Waals surface area contributed by atoms with Crippen molar-refractivity contribution in [3.63, 3.8) is 0 Å². The maximum atomic E-state index is 14.6. The summed E-state index contributed by atoms with van der Waals surface area (Å²) in [5.41, 5.74) is 0.998. The van der Waals surface area contributed by atoms with Gasteiger partial charge in [-0.2, -0.15) is 0 Å². The Bertz CT molecular complexity index is 816. The van der Waals surface area contributed by atoms with Crippen LogP contribution in [0, 0.1) is 47.3 Å². The van der Waals surface area contributed by atoms with E-state index in [1.54, 1.807) is 0 Å². The summed E-state index contributed by atoms with van der Waals surface area (Å²) < 4.78 is 0. The van der Waals surface area contributed by atoms with Crippen molar-refractivity contribution in [1.82, 2.24) is 0 Å². The molecular formula is C32H62O2Si4. The molecule has 0 heterocycles. The maximum Gasteiger partial charge on any atom is 0.195 e. The van der Waals surface area contributed by atoms with Gasteiger partial charge in [-0.1, -0.05) is 67.7 Å². The van der Waals surface area contributed by atoms with Crippen molar-refractivity contribution >= 4 is 29.9 Å². The molecule has 2 unspecified atom stereocenters. The Morgan fingerprint density at radius 2 is 0.632 bits per heavy atom. The predicted octanol–water partition coefficient (Wildman–Crippen LogP) is 8.77. The normalized spacial score (nSPS) is 45.8. The first-order valence-corrected chi connectivity index (χ1v) is 29.8. The van der Waals surface area contributed by atoms with Crippen molar-refractivity contribution in [2.45, 2.75) is 153 Å². The fourth-order valence-corrected chi connectivity index (χ4v) is 93.4. The molecule has 8 rings (SSSR count). The van der Waals surface area contributed by atoms with Crippen LogP contribution < -0.4 is 0 Å². The zero-order valence-electron chi connectivity index (χ0n) is 26.7. The summed E-state index contributed by atoms with van der Waals surface area (Å²) >= 11 is 0. The van der Waals surface area contributed by atoms with Crippen LogP contribution in [-0.4, -0.2) is 39.5 Å². The topological polar surface area (TPSA) is 40.5 Å². The summed E-state index contributed by atoms with van der Waals surface area (Å²) in [6.45, 7) is 25.3. The van der Waals surface area contributed by atoms with Gasteiger partial charge in [-0.25, -0.2) is 0 Å². The molecule has 218 valence electrons. The van der Waals surface area contributed by atoms with E-state index in [4.69, 9.17) is 0 Å². The van der Waals surface area contributed by atoms with Gasteiger partial charge in [0, 0.05) is 0 Å². The molecule has 8 fully saturated rings. The van der Waals surface area contributed by atoms with Crippen LogP contribution in [0.15, 0.2) is 0 Å². The second-order valence-electron chi connectivity index (χ2n) is 19.2. The Morgan fingerprint density at radius 3 is 0.816 bits per heavy atom. The monoisotopic (exact) mass is 590 g/mol. The fourth-order valence-electron chi connectivity index (χ4n) is 12.7. The van der Waals surface area contributed by atoms with Gasteiger partial charge in [0.15, 0.2) is 14.7 Å². The smallest absolute Gasteiger partial charge is 0.195 e. The predicted molar refractivity (Wildman–Crippen MR) is 172 cm³/mol. The van der Waals surface area contributed by atoms with Crippen LogP contribution >= 0.6 is 0 Å². The molecule has 8 aliphatic rings. The first-order chi connectivity index (χ1) is 17.3. The van der Waals surface area contributed by atoms with E-state index >= 15 is 0 Å². The standard InChI is InChI=1S/C32H62O2Si4/c1-31(2,3)35(7,8)37(33,29-25-13-21-11-22(15-25)16-26(29)14-21)38(34,36(9,10)32(4,5)6)30-27-17-23-12-24(19-27)20-28(30)18-23/h21-30,33-34H,11-20H2,1-10H3. The third-order valence-electron chi connectivity index (χ3n) is 15.7. The molecule has 2 N–H and O–H groups in total. The molecule has 8 bridgehead atoms. The Kier molecular flexibility index (Phi) is 6.59. The molecule has 6 heteroatoms. The second-order valence-corrected chi connectivity index (χ2v) is 52.7. The van der Waals surface area contributed by atoms with Gasteiger partial charge in [-0.05, 0) is 133 Å². The maximum absolute atomic E-state index is 14.6. The van der Waals surface area contributed by atoms with Crippen LogP contribution in [0.3, 0.4) is 0 Å². The average molecular weight is 591 g/mol. The molecule has 0 aromatic carbocycles. The molecule has 0 saturated heterocycles. The van der Waals surface area contributed by atoms with E-state index in [1.807, 2.05) is 0 Å². The first-order valence-electron chi connectivity index (χ1n) is 16.8. The van der Waals surface area contributed by atoms with Crippen LogP contribution in [0.1, 0.15) is 106 Å². The van der Waals surface area contributed by atoms with E-state index in [-0.39, 0.29) is 10.1 Å². The highest BCUT2D eigenvalue weighted by Gasteiger charge is 2.81. The third-order valence-corrected chi connectivity index (χ3v) is 75.7. The van der Waals surface area contributed by atoms with Crippen molar-refractivity contribution in [2.75, 3.05) is 0 Å². The van der Waals surface area contributed by atoms with E-state index in [1.165, 1.54) is 64.2 Å². The molecule has 8 saturated carbocycles. The van der Waals surface area contributed by atoms with Crippen LogP contribution in [0.4, 0.5) is 0 Å². The molecule has 8 aliphatic carbocycles. The van der Waals surface area contributed by atoms with Crippen LogP contribution in [0.25, 0.3) is 0 Å². The Labute approximate surface area is 239 Å². The van der Waals surface area contributed by atoms with E-state index in [0.717, 1.165) is 47.3 Å². The lowest BCUT2D eigenvalue weighted by Gasteiger charge is -2.72. The molecule has 0 aromatic rings. The first kappa shape index (κ1) is 28.9. The zero-order valence-corrected chi connectivity index (χ0v) is 30.7. The highest BCUT2D eigenvalue weighted by atomic mass is 29.8. The van der Waals surface area contributed by atoms with Crippen molar-refractivity contribution in [3.05, 3.63) is 0 Å². The van der Waals surface area contributed by atoms with Crippen molar-refractivity contribution in [3.8, 4) is 0 Å². The van der Waals surface area contributed by atoms with E-state index in [0.29, 0.717) is 11.1 Å². The summed E-state index contributed by atoms with van der Waals surface area (Å²) in [7, 11) is -10.6. The molecule has 2 nitrogen and oxygen atoms in total. The molecular weight excluding hydrogens is 529 g/mol. The highest BCUT2D eigenvalue weighted by Crippen LogP contribution is 2.71. The van der Waals surface area contributed by atoms with Crippen LogP contribution in [0.2, 0.25) is 47.3 Å². The number of hydrogen-bond acceptors (Lipinski definition) is 2. The molecule has 38 heavy (non-hydrogen) atoms. The van der Waals surface area contributed by atoms with Gasteiger partial charge in [0.1, 0.15) is 0 Å². The minimum Gasteiger partial charge on any atom is -0.434 e. The Morgan fingerprint density at radius 1 is 0.421 bits per heavy atom. The van der Waals surface area contributed by atoms with Gasteiger partial charge >= 0.3 is 0 Å². The van der Waals surface area contributed by atoms with Crippen molar-refractivity contribution in [2.24, 2.45) is 47.3 Å². The molecule has 0 amide bonds. The quantitative estimate of drug-likeness (QED) is 0.314. The van der Waals surface area contributed by atoms with Gasteiger partial charge in [0.2, 0.25) is 0 Å². The number of hydrogen-bond donors (Lipinski definition) is 2. The summed E-state index contributed by atoms with van der Waals surface area (Å²) in [5.74, 6) is 6.58. The van der Waals surface area contributed by atoms with Gasteiger partial charge in [0.05, 0.1) is 15.2 Å². The molecule has 0 aromatic heterocycles. The lowest BCUT2D eigenvalue weighted by Crippen LogP contribution is -2.92. The minimum atomic E-state index is -3.08. The third kappa shape index (κ3) is 3.64. The van der Waals surface area contributed by atoms with Crippen LogP contribution in [0.5, 0.6) is 0 Å². The van der Waals surface area contributed by atoms with Crippen molar-refractivity contribution in [1.29, 1.82) is 0 Å². The largest absolute Gasteiger partial charge is 0.434 e. The van der Waals surface area contributed by atoms with E-state index < -0.39 is 29.9 Å². The lowest BCUT2D eigenvalue weighted by molar-refractivity contribution is 0.00986. The Balaban J connectivity index is 1.60. The molecule has 0 spiro atoms. The Hall–Kier alpha value is 0.788. The van der Waals surface area contributed by atoms with E-state index in [2.05, 4.69) is 67.7 Å². The minimum absolute atomic E-state index is 0.123. The second kappa shape index (κ2) is 8.67. The van der Waals surface area contributed by atoms with Gasteiger partial charge < -0.3 is 9.59 Å². The average Bonchev–Trinajstić information content (AvgIpc) is 2.75. The lowest BCUT2D eigenvalue weighted by atomic mass is 9.56. The van der Waals surface area contributed by atoms with Gasteiger partial charge in [-0.15, -0.1) is 0 Å². The molecule has 0 aliphatic heterocycles. The summed E-state index contributed by atoms with van der Waals surface area (Å²) in [5, 5.41) is 0.246. The van der Waals surface area contributed by atoms with Gasteiger partial charge in [0.25, 0.3) is 0 Å². The number of rotatable bonds is 5. The van der Waals surface area contributed by atoms with Crippen LogP contribution in [-0.2, 0) is 0 Å². The SMILES string of the molecule is CC(C)(C)[Si](C)(C)[Si](O)(C1C2CC3CC(C2)CC1C3)[Si](O)(C1C2CC3CC(C2)CC1C3)[Si](C)(C)C(C)(C)C. The fraction of sp³-hybridized carbons (Fsp3) is 1.00. The van der Waals surface area contributed by atoms with E-state index in [9.17, 15) is 9.59 Å². The highest BCUT2D eigenvalue weighted by molar-refractivity contribution is 7.81. The van der Waals surface area contributed by atoms with Crippen molar-refractivity contribution < 1.29 is 9.59 Å². The molecule has 0 radical (unpaired) electrons. The summed E-state index contributed by atoms with van der Waals surface area (Å²) in [4.78, 5) is 29.1. The molecule has 2 atom stereocenters. The van der Waals surface area contributed by atoms with Gasteiger partial charge in [-0.3, -0.25) is 0 Å². The summed E-state index contributed by atoms with van der Waals surface area (Å²) in [6.07, 6.45) is 14.0. The summed E-state index contributed by atoms with van der Waals surface area (Å²) in [6, 6.07) is 0. The zero-order chi connectivity index (χ0) is 27.8.